The summed E-state index contributed by atoms with van der Waals surface area (Å²) < 4.78 is 5.61. The summed E-state index contributed by atoms with van der Waals surface area (Å²) in [7, 11) is 0. The lowest BCUT2D eigenvalue weighted by Gasteiger charge is -2.10. The molecule has 0 spiro atoms. The van der Waals surface area contributed by atoms with Gasteiger partial charge in [0, 0.05) is 0 Å². The second-order valence-electron chi connectivity index (χ2n) is 4.77. The Hall–Kier alpha value is -1.24. The molecular weight excluding hydrogens is 196 g/mol. The zero-order valence-corrected chi connectivity index (χ0v) is 11.0. The number of rotatable bonds is 4. The lowest BCUT2D eigenvalue weighted by molar-refractivity contribution is 0.242. The van der Waals surface area contributed by atoms with Crippen molar-refractivity contribution in [1.29, 1.82) is 0 Å². The topological polar surface area (TPSA) is 9.23 Å². The summed E-state index contributed by atoms with van der Waals surface area (Å²) in [6.07, 6.45) is 1.27. The summed E-state index contributed by atoms with van der Waals surface area (Å²) in [5.74, 6) is 0.952. The van der Waals surface area contributed by atoms with Crippen LogP contribution in [-0.2, 0) is 6.42 Å². The van der Waals surface area contributed by atoms with Gasteiger partial charge in [-0.15, -0.1) is 0 Å². The van der Waals surface area contributed by atoms with Gasteiger partial charge < -0.3 is 4.74 Å². The molecule has 1 rings (SSSR count). The molecular formula is C15H22O. The van der Waals surface area contributed by atoms with Crippen LogP contribution >= 0.6 is 0 Å². The maximum absolute atomic E-state index is 5.61. The Morgan fingerprint density at radius 2 is 1.62 bits per heavy atom. The Bertz CT molecular complexity index is 354. The van der Waals surface area contributed by atoms with Crippen molar-refractivity contribution in [1.82, 2.24) is 0 Å². The van der Waals surface area contributed by atoms with E-state index in [9.17, 15) is 0 Å². The predicted octanol–water partition coefficient (Wildman–Crippen LogP) is 4.37. The minimum Gasteiger partial charge on any atom is -0.491 e. The van der Waals surface area contributed by atoms with Crippen LogP contribution in [0.1, 0.15) is 40.2 Å². The molecule has 0 fully saturated rings. The summed E-state index contributed by atoms with van der Waals surface area (Å²) in [5, 5.41) is 0. The van der Waals surface area contributed by atoms with Crippen molar-refractivity contribution in [3.63, 3.8) is 0 Å². The summed E-state index contributed by atoms with van der Waals surface area (Å²) in [5.41, 5.74) is 4.19. The highest BCUT2D eigenvalue weighted by Gasteiger charge is 1.99. The summed E-state index contributed by atoms with van der Waals surface area (Å²) in [4.78, 5) is 0. The van der Waals surface area contributed by atoms with E-state index in [2.05, 4.69) is 32.9 Å². The highest BCUT2D eigenvalue weighted by atomic mass is 16.5. The van der Waals surface area contributed by atoms with Crippen LogP contribution in [0.2, 0.25) is 0 Å². The van der Waals surface area contributed by atoms with Gasteiger partial charge in [0.15, 0.2) is 0 Å². The van der Waals surface area contributed by atoms with Gasteiger partial charge in [-0.2, -0.15) is 0 Å². The van der Waals surface area contributed by atoms with E-state index in [0.717, 1.165) is 12.2 Å². The fraction of sp³-hybridized carbons (Fsp3) is 0.467. The Labute approximate surface area is 99.1 Å². The molecule has 1 heteroatoms. The average molecular weight is 218 g/mol. The Balaban J connectivity index is 2.68. The third-order valence-electron chi connectivity index (χ3n) is 2.62. The number of ether oxygens (including phenoxy) is 1. The van der Waals surface area contributed by atoms with Crippen molar-refractivity contribution >= 4 is 0 Å². The molecule has 0 N–H and O–H groups in total. The molecule has 0 aliphatic heterocycles. The van der Waals surface area contributed by atoms with Crippen LogP contribution in [-0.4, -0.2) is 6.10 Å². The summed E-state index contributed by atoms with van der Waals surface area (Å²) in [6, 6.07) is 8.38. The van der Waals surface area contributed by atoms with Crippen molar-refractivity contribution in [2.45, 2.75) is 47.1 Å². The lowest BCUT2D eigenvalue weighted by atomic mass is 10.0. The molecule has 16 heavy (non-hydrogen) atoms. The molecule has 0 unspecified atom stereocenters. The molecule has 1 aromatic rings. The van der Waals surface area contributed by atoms with E-state index in [0.29, 0.717) is 0 Å². The average Bonchev–Trinajstić information content (AvgIpc) is 2.20. The van der Waals surface area contributed by atoms with Gasteiger partial charge in [0.05, 0.1) is 6.10 Å². The van der Waals surface area contributed by atoms with Gasteiger partial charge in [-0.05, 0) is 58.7 Å². The zero-order chi connectivity index (χ0) is 12.1. The first-order chi connectivity index (χ1) is 7.49. The van der Waals surface area contributed by atoms with Crippen molar-refractivity contribution in [2.75, 3.05) is 0 Å². The molecule has 1 aromatic carbocycles. The van der Waals surface area contributed by atoms with Gasteiger partial charge in [-0.1, -0.05) is 23.3 Å². The van der Waals surface area contributed by atoms with Gasteiger partial charge in [-0.25, -0.2) is 0 Å². The molecule has 0 amide bonds. The quantitative estimate of drug-likeness (QED) is 0.682. The summed E-state index contributed by atoms with van der Waals surface area (Å²) in [6.45, 7) is 10.6. The van der Waals surface area contributed by atoms with E-state index in [1.165, 1.54) is 16.7 Å². The van der Waals surface area contributed by atoms with Crippen molar-refractivity contribution in [2.24, 2.45) is 0 Å². The van der Waals surface area contributed by atoms with Gasteiger partial charge in [0.25, 0.3) is 0 Å². The van der Waals surface area contributed by atoms with Crippen molar-refractivity contribution in [3.8, 4) is 5.75 Å². The minimum atomic E-state index is 0.241. The number of allylic oxidation sites excluding steroid dienone is 2. The minimum absolute atomic E-state index is 0.241. The Morgan fingerprint density at radius 1 is 1.06 bits per heavy atom. The van der Waals surface area contributed by atoms with Crippen LogP contribution in [0.25, 0.3) is 0 Å². The van der Waals surface area contributed by atoms with Gasteiger partial charge in [0.1, 0.15) is 5.75 Å². The smallest absolute Gasteiger partial charge is 0.119 e. The first-order valence-corrected chi connectivity index (χ1v) is 5.87. The van der Waals surface area contributed by atoms with Crippen molar-refractivity contribution < 1.29 is 4.74 Å². The van der Waals surface area contributed by atoms with Crippen LogP contribution in [0.3, 0.4) is 0 Å². The molecule has 0 radical (unpaired) electrons. The molecule has 0 saturated carbocycles. The Morgan fingerprint density at radius 3 is 2.06 bits per heavy atom. The molecule has 0 bridgehead atoms. The maximum Gasteiger partial charge on any atom is 0.119 e. The molecule has 0 aliphatic rings. The molecule has 0 saturated heterocycles. The highest BCUT2D eigenvalue weighted by Crippen LogP contribution is 2.17. The molecule has 0 aromatic heterocycles. The monoisotopic (exact) mass is 218 g/mol. The fourth-order valence-corrected chi connectivity index (χ4v) is 1.44. The number of hydrogen-bond donors (Lipinski definition) is 0. The second-order valence-corrected chi connectivity index (χ2v) is 4.77. The molecule has 0 aliphatic carbocycles. The summed E-state index contributed by atoms with van der Waals surface area (Å²) >= 11 is 0. The first kappa shape index (κ1) is 12.8. The van der Waals surface area contributed by atoms with Crippen LogP contribution < -0.4 is 4.74 Å². The standard InChI is InChI=1S/C15H22O/c1-11(2)13(5)10-14-6-8-15(9-7-14)16-12(3)4/h6-9,12H,10H2,1-5H3. The third-order valence-corrected chi connectivity index (χ3v) is 2.62. The zero-order valence-electron chi connectivity index (χ0n) is 11.0. The van der Waals surface area contributed by atoms with E-state index in [4.69, 9.17) is 4.74 Å². The largest absolute Gasteiger partial charge is 0.491 e. The van der Waals surface area contributed by atoms with E-state index in [-0.39, 0.29) is 6.10 Å². The van der Waals surface area contributed by atoms with Crippen LogP contribution in [0.15, 0.2) is 35.4 Å². The van der Waals surface area contributed by atoms with Gasteiger partial charge in [-0.3, -0.25) is 0 Å². The molecule has 0 heterocycles. The molecule has 88 valence electrons. The van der Waals surface area contributed by atoms with Crippen LogP contribution in [0, 0.1) is 0 Å². The SMILES string of the molecule is CC(C)=C(C)Cc1ccc(OC(C)C)cc1. The number of benzene rings is 1. The van der Waals surface area contributed by atoms with Crippen LogP contribution in [0.4, 0.5) is 0 Å². The van der Waals surface area contributed by atoms with Gasteiger partial charge >= 0.3 is 0 Å². The van der Waals surface area contributed by atoms with E-state index >= 15 is 0 Å². The number of hydrogen-bond acceptors (Lipinski definition) is 1. The van der Waals surface area contributed by atoms with Gasteiger partial charge in [0.2, 0.25) is 0 Å². The van der Waals surface area contributed by atoms with Crippen LogP contribution in [0.5, 0.6) is 5.75 Å². The maximum atomic E-state index is 5.61. The highest BCUT2D eigenvalue weighted by molar-refractivity contribution is 5.30. The fourth-order valence-electron chi connectivity index (χ4n) is 1.44. The molecule has 1 nitrogen and oxygen atoms in total. The molecule has 0 atom stereocenters. The first-order valence-electron chi connectivity index (χ1n) is 5.87. The third kappa shape index (κ3) is 4.09. The Kier molecular flexibility index (Phi) is 4.60. The lowest BCUT2D eigenvalue weighted by Crippen LogP contribution is -2.05. The van der Waals surface area contributed by atoms with E-state index in [1.807, 2.05) is 26.0 Å². The van der Waals surface area contributed by atoms with Crippen molar-refractivity contribution in [3.05, 3.63) is 41.0 Å². The normalized spacial score (nSPS) is 10.4. The van der Waals surface area contributed by atoms with E-state index in [1.54, 1.807) is 0 Å². The second kappa shape index (κ2) is 5.74. The predicted molar refractivity (Wildman–Crippen MR) is 70.0 cm³/mol. The van der Waals surface area contributed by atoms with E-state index < -0.39 is 0 Å².